The van der Waals surface area contributed by atoms with Crippen molar-refractivity contribution in [2.75, 3.05) is 24.6 Å². The molecule has 2 fully saturated rings. The lowest BCUT2D eigenvalue weighted by molar-refractivity contribution is 0.0779. The monoisotopic (exact) mass is 224 g/mol. The van der Waals surface area contributed by atoms with Crippen LogP contribution < -0.4 is 0 Å². The van der Waals surface area contributed by atoms with Crippen LogP contribution in [0.5, 0.6) is 0 Å². The number of hydrogen-bond acceptors (Lipinski definition) is 3. The molecule has 2 saturated heterocycles. The molecule has 0 radical (unpaired) electrons. The van der Waals surface area contributed by atoms with Crippen molar-refractivity contribution in [1.29, 1.82) is 5.26 Å². The van der Waals surface area contributed by atoms with Crippen LogP contribution in [-0.2, 0) is 0 Å². The van der Waals surface area contributed by atoms with E-state index in [1.807, 2.05) is 11.8 Å². The second-order valence-corrected chi connectivity index (χ2v) is 6.17. The maximum atomic E-state index is 9.48. The average molecular weight is 224 g/mol. The summed E-state index contributed by atoms with van der Waals surface area (Å²) in [6.07, 6.45) is 4.76. The molecule has 0 bridgehead atoms. The first-order valence-electron chi connectivity index (χ1n) is 6.01. The van der Waals surface area contributed by atoms with Crippen molar-refractivity contribution in [2.24, 2.45) is 5.92 Å². The Morgan fingerprint density at radius 2 is 2.13 bits per heavy atom. The Bertz CT molecular complexity index is 253. The molecule has 15 heavy (non-hydrogen) atoms. The molecule has 0 spiro atoms. The molecule has 0 amide bonds. The van der Waals surface area contributed by atoms with E-state index in [4.69, 9.17) is 0 Å². The Balaban J connectivity index is 2.07. The first-order valence-corrected chi connectivity index (χ1v) is 7.16. The molecule has 2 aliphatic rings. The van der Waals surface area contributed by atoms with Gasteiger partial charge >= 0.3 is 0 Å². The van der Waals surface area contributed by atoms with Gasteiger partial charge in [-0.15, -0.1) is 0 Å². The van der Waals surface area contributed by atoms with Crippen molar-refractivity contribution in [2.45, 2.75) is 38.1 Å². The largest absolute Gasteiger partial charge is 0.285 e. The summed E-state index contributed by atoms with van der Waals surface area (Å²) in [4.78, 5) is 2.47. The van der Waals surface area contributed by atoms with Crippen molar-refractivity contribution in [1.82, 2.24) is 4.90 Å². The Morgan fingerprint density at radius 1 is 1.40 bits per heavy atom. The fourth-order valence-corrected chi connectivity index (χ4v) is 3.95. The molecule has 2 aliphatic heterocycles. The summed E-state index contributed by atoms with van der Waals surface area (Å²) in [6.45, 7) is 4.59. The predicted octanol–water partition coefficient (Wildman–Crippen LogP) is 2.51. The molecule has 0 aliphatic carbocycles. The smallest absolute Gasteiger partial charge is 0.110 e. The Morgan fingerprint density at radius 3 is 2.73 bits per heavy atom. The first kappa shape index (κ1) is 11.3. The van der Waals surface area contributed by atoms with Gasteiger partial charge < -0.3 is 0 Å². The van der Waals surface area contributed by atoms with Gasteiger partial charge in [-0.3, -0.25) is 4.90 Å². The average Bonchev–Trinajstić information content (AvgIpc) is 2.30. The summed E-state index contributed by atoms with van der Waals surface area (Å²) in [6, 6.07) is 2.62. The summed E-state index contributed by atoms with van der Waals surface area (Å²) >= 11 is 2.00. The molecule has 1 atom stereocenters. The third-order valence-electron chi connectivity index (χ3n) is 3.79. The summed E-state index contributed by atoms with van der Waals surface area (Å²) in [5.74, 6) is 3.11. The lowest BCUT2D eigenvalue weighted by Gasteiger charge is -2.44. The third kappa shape index (κ3) is 2.32. The van der Waals surface area contributed by atoms with Gasteiger partial charge in [0.2, 0.25) is 0 Å². The second-order valence-electron chi connectivity index (χ2n) is 4.95. The number of hydrogen-bond donors (Lipinski definition) is 0. The number of thioether (sulfide) groups is 1. The highest BCUT2D eigenvalue weighted by Gasteiger charge is 2.39. The standard InChI is InChI=1S/C12H20N2S/c1-11-3-2-6-14(9-11)12(10-13)4-7-15-8-5-12/h11H,2-9H2,1H3. The van der Waals surface area contributed by atoms with E-state index < -0.39 is 0 Å². The van der Waals surface area contributed by atoms with Crippen LogP contribution in [0.2, 0.25) is 0 Å². The van der Waals surface area contributed by atoms with E-state index in [9.17, 15) is 5.26 Å². The van der Waals surface area contributed by atoms with Crippen LogP contribution in [0.4, 0.5) is 0 Å². The second kappa shape index (κ2) is 4.76. The van der Waals surface area contributed by atoms with Crippen molar-refractivity contribution >= 4 is 11.8 Å². The van der Waals surface area contributed by atoms with Crippen molar-refractivity contribution in [3.8, 4) is 6.07 Å². The predicted molar refractivity (Wildman–Crippen MR) is 64.9 cm³/mol. The van der Waals surface area contributed by atoms with Gasteiger partial charge in [0.25, 0.3) is 0 Å². The fraction of sp³-hybridized carbons (Fsp3) is 0.917. The van der Waals surface area contributed by atoms with Crippen LogP contribution in [0, 0.1) is 17.2 Å². The summed E-state index contributed by atoms with van der Waals surface area (Å²) in [5.41, 5.74) is -0.111. The summed E-state index contributed by atoms with van der Waals surface area (Å²) in [7, 11) is 0. The van der Waals surface area contributed by atoms with Gasteiger partial charge in [-0.25, -0.2) is 0 Å². The number of rotatable bonds is 1. The van der Waals surface area contributed by atoms with E-state index in [-0.39, 0.29) is 5.54 Å². The normalized spacial score (nSPS) is 32.1. The van der Waals surface area contributed by atoms with E-state index in [0.717, 1.165) is 31.8 Å². The molecule has 0 N–H and O–H groups in total. The van der Waals surface area contributed by atoms with Gasteiger partial charge in [0.15, 0.2) is 0 Å². The van der Waals surface area contributed by atoms with Gasteiger partial charge in [0.05, 0.1) is 6.07 Å². The lowest BCUT2D eigenvalue weighted by Crippen LogP contribution is -2.53. The Kier molecular flexibility index (Phi) is 3.58. The molecule has 84 valence electrons. The lowest BCUT2D eigenvalue weighted by atomic mass is 9.87. The Labute approximate surface area is 97.0 Å². The van der Waals surface area contributed by atoms with E-state index in [2.05, 4.69) is 17.9 Å². The number of likely N-dealkylation sites (tertiary alicyclic amines) is 1. The number of piperidine rings is 1. The van der Waals surface area contributed by atoms with Crippen molar-refractivity contribution in [3.63, 3.8) is 0 Å². The molecule has 0 aromatic rings. The van der Waals surface area contributed by atoms with Gasteiger partial charge in [0.1, 0.15) is 5.54 Å². The zero-order chi connectivity index (χ0) is 10.7. The highest BCUT2D eigenvalue weighted by atomic mass is 32.2. The highest BCUT2D eigenvalue weighted by Crippen LogP contribution is 2.34. The minimum atomic E-state index is -0.111. The van der Waals surface area contributed by atoms with E-state index in [0.29, 0.717) is 0 Å². The van der Waals surface area contributed by atoms with Crippen LogP contribution in [0.1, 0.15) is 32.6 Å². The van der Waals surface area contributed by atoms with Gasteiger partial charge in [0, 0.05) is 6.54 Å². The SMILES string of the molecule is CC1CCCN(C2(C#N)CCSCC2)C1. The fourth-order valence-electron chi connectivity index (χ4n) is 2.79. The van der Waals surface area contributed by atoms with Gasteiger partial charge in [-0.05, 0) is 49.7 Å². The molecule has 2 rings (SSSR count). The van der Waals surface area contributed by atoms with Gasteiger partial charge in [-0.2, -0.15) is 17.0 Å². The van der Waals surface area contributed by atoms with E-state index in [1.54, 1.807) is 0 Å². The molecule has 1 unspecified atom stereocenters. The molecule has 2 heterocycles. The van der Waals surface area contributed by atoms with Crippen LogP contribution in [-0.4, -0.2) is 35.0 Å². The number of nitriles is 1. The van der Waals surface area contributed by atoms with Crippen LogP contribution in [0.3, 0.4) is 0 Å². The molecular weight excluding hydrogens is 204 g/mol. The van der Waals surface area contributed by atoms with E-state index in [1.165, 1.54) is 24.3 Å². The van der Waals surface area contributed by atoms with E-state index >= 15 is 0 Å². The molecule has 0 aromatic carbocycles. The summed E-state index contributed by atoms with van der Waals surface area (Å²) in [5, 5.41) is 9.48. The van der Waals surface area contributed by atoms with Crippen LogP contribution in [0.15, 0.2) is 0 Å². The quantitative estimate of drug-likeness (QED) is 0.685. The molecule has 0 aromatic heterocycles. The zero-order valence-electron chi connectivity index (χ0n) is 9.54. The number of nitrogens with zero attached hydrogens (tertiary/aromatic N) is 2. The zero-order valence-corrected chi connectivity index (χ0v) is 10.4. The van der Waals surface area contributed by atoms with Crippen molar-refractivity contribution in [3.05, 3.63) is 0 Å². The maximum absolute atomic E-state index is 9.48. The highest BCUT2D eigenvalue weighted by molar-refractivity contribution is 7.99. The molecular formula is C12H20N2S. The van der Waals surface area contributed by atoms with Crippen LogP contribution in [0.25, 0.3) is 0 Å². The minimum absolute atomic E-state index is 0.111. The topological polar surface area (TPSA) is 27.0 Å². The van der Waals surface area contributed by atoms with Gasteiger partial charge in [-0.1, -0.05) is 6.92 Å². The third-order valence-corrected chi connectivity index (χ3v) is 4.78. The maximum Gasteiger partial charge on any atom is 0.110 e. The van der Waals surface area contributed by atoms with Crippen LogP contribution >= 0.6 is 11.8 Å². The van der Waals surface area contributed by atoms with Crippen molar-refractivity contribution < 1.29 is 0 Å². The molecule has 0 saturated carbocycles. The molecule has 2 nitrogen and oxygen atoms in total. The summed E-state index contributed by atoms with van der Waals surface area (Å²) < 4.78 is 0. The first-order chi connectivity index (χ1) is 7.27. The minimum Gasteiger partial charge on any atom is -0.285 e. The Hall–Kier alpha value is -0.200. The molecule has 3 heteroatoms.